The normalized spacial score (nSPS) is 17.9. The standard InChI is InChI=1S/C20H24N4O4/c1-26-16-9-13(10-17(27-2)19(16)28-3)23-20-12(5-4-8-22-20)6-7-18(25)24-15-11-14(15)21/h4-10,14-15H,11,21H2,1-3H3,(H,22,23)(H,24,25)/b7-6+. The predicted octanol–water partition coefficient (Wildman–Crippen LogP) is 2.08. The number of carbonyl (C=O) groups is 1. The first kappa shape index (κ1) is 19.5. The van der Waals surface area contributed by atoms with Gasteiger partial charge in [0.1, 0.15) is 5.82 Å². The third-order valence-electron chi connectivity index (χ3n) is 4.35. The van der Waals surface area contributed by atoms with E-state index in [0.29, 0.717) is 28.8 Å². The molecule has 0 radical (unpaired) electrons. The van der Waals surface area contributed by atoms with Gasteiger partial charge in [-0.1, -0.05) is 0 Å². The lowest BCUT2D eigenvalue weighted by Crippen LogP contribution is -2.27. The minimum Gasteiger partial charge on any atom is -0.493 e. The van der Waals surface area contributed by atoms with E-state index in [1.807, 2.05) is 6.07 Å². The molecule has 28 heavy (non-hydrogen) atoms. The molecule has 2 atom stereocenters. The summed E-state index contributed by atoms with van der Waals surface area (Å²) in [4.78, 5) is 16.3. The zero-order chi connectivity index (χ0) is 20.1. The molecule has 148 valence electrons. The second-order valence-electron chi connectivity index (χ2n) is 6.33. The van der Waals surface area contributed by atoms with E-state index in [-0.39, 0.29) is 18.0 Å². The van der Waals surface area contributed by atoms with E-state index in [1.165, 1.54) is 6.08 Å². The average molecular weight is 384 g/mol. The molecular weight excluding hydrogens is 360 g/mol. The molecule has 1 amide bonds. The summed E-state index contributed by atoms with van der Waals surface area (Å²) in [6, 6.07) is 7.36. The second-order valence-corrected chi connectivity index (χ2v) is 6.33. The van der Waals surface area contributed by atoms with Crippen LogP contribution in [0.5, 0.6) is 17.2 Å². The molecule has 8 heteroatoms. The monoisotopic (exact) mass is 384 g/mol. The number of aromatic nitrogens is 1. The van der Waals surface area contributed by atoms with Gasteiger partial charge in [-0.05, 0) is 24.6 Å². The largest absolute Gasteiger partial charge is 0.493 e. The number of pyridine rings is 1. The summed E-state index contributed by atoms with van der Waals surface area (Å²) in [5.41, 5.74) is 7.17. The first-order valence-electron chi connectivity index (χ1n) is 8.82. The summed E-state index contributed by atoms with van der Waals surface area (Å²) < 4.78 is 16.1. The maximum Gasteiger partial charge on any atom is 0.244 e. The van der Waals surface area contributed by atoms with Crippen molar-refractivity contribution in [1.82, 2.24) is 10.3 Å². The summed E-state index contributed by atoms with van der Waals surface area (Å²) in [6.07, 6.45) is 5.67. The van der Waals surface area contributed by atoms with Crippen LogP contribution >= 0.6 is 0 Å². The predicted molar refractivity (Wildman–Crippen MR) is 107 cm³/mol. The number of anilines is 2. The van der Waals surface area contributed by atoms with Crippen LogP contribution in [0, 0.1) is 0 Å². The molecule has 8 nitrogen and oxygen atoms in total. The van der Waals surface area contributed by atoms with E-state index in [2.05, 4.69) is 15.6 Å². The van der Waals surface area contributed by atoms with Gasteiger partial charge in [0.25, 0.3) is 0 Å². The van der Waals surface area contributed by atoms with Crippen molar-refractivity contribution in [3.8, 4) is 17.2 Å². The maximum absolute atomic E-state index is 12.0. The van der Waals surface area contributed by atoms with Crippen LogP contribution in [-0.4, -0.2) is 44.3 Å². The van der Waals surface area contributed by atoms with E-state index in [4.69, 9.17) is 19.9 Å². The van der Waals surface area contributed by atoms with Crippen molar-refractivity contribution in [2.75, 3.05) is 26.6 Å². The van der Waals surface area contributed by atoms with Crippen molar-refractivity contribution in [3.05, 3.63) is 42.1 Å². The lowest BCUT2D eigenvalue weighted by atomic mass is 10.2. The highest BCUT2D eigenvalue weighted by Gasteiger charge is 2.34. The van der Waals surface area contributed by atoms with E-state index in [0.717, 1.165) is 12.0 Å². The molecule has 2 unspecified atom stereocenters. The molecule has 1 fully saturated rings. The Morgan fingerprint density at radius 2 is 1.89 bits per heavy atom. The Morgan fingerprint density at radius 1 is 1.21 bits per heavy atom. The Balaban J connectivity index is 1.80. The van der Waals surface area contributed by atoms with Crippen molar-refractivity contribution in [3.63, 3.8) is 0 Å². The fourth-order valence-corrected chi connectivity index (χ4v) is 2.72. The maximum atomic E-state index is 12.0. The van der Waals surface area contributed by atoms with Crippen LogP contribution in [0.15, 0.2) is 36.5 Å². The lowest BCUT2D eigenvalue weighted by Gasteiger charge is -2.15. The van der Waals surface area contributed by atoms with Crippen molar-refractivity contribution < 1.29 is 19.0 Å². The number of amides is 1. The highest BCUT2D eigenvalue weighted by atomic mass is 16.5. The van der Waals surface area contributed by atoms with Crippen molar-refractivity contribution in [2.24, 2.45) is 5.73 Å². The third-order valence-corrected chi connectivity index (χ3v) is 4.35. The van der Waals surface area contributed by atoms with E-state index < -0.39 is 0 Å². The number of nitrogens with two attached hydrogens (primary N) is 1. The number of hydrogen-bond acceptors (Lipinski definition) is 7. The molecule has 0 aliphatic heterocycles. The minimum atomic E-state index is -0.180. The Bertz CT molecular complexity index is 859. The van der Waals surface area contributed by atoms with Crippen LogP contribution in [0.4, 0.5) is 11.5 Å². The molecule has 1 saturated carbocycles. The number of benzene rings is 1. The summed E-state index contributed by atoms with van der Waals surface area (Å²) in [5.74, 6) is 1.96. The minimum absolute atomic E-state index is 0.0630. The van der Waals surface area contributed by atoms with Crippen LogP contribution in [0.25, 0.3) is 6.08 Å². The quantitative estimate of drug-likeness (QED) is 0.598. The average Bonchev–Trinajstić information content (AvgIpc) is 3.40. The molecular formula is C20H24N4O4. The Labute approximate surface area is 163 Å². The van der Waals surface area contributed by atoms with Crippen LogP contribution in [0.1, 0.15) is 12.0 Å². The van der Waals surface area contributed by atoms with Crippen molar-refractivity contribution in [2.45, 2.75) is 18.5 Å². The van der Waals surface area contributed by atoms with Gasteiger partial charge in [-0.2, -0.15) is 0 Å². The van der Waals surface area contributed by atoms with Crippen molar-refractivity contribution in [1.29, 1.82) is 0 Å². The van der Waals surface area contributed by atoms with Gasteiger partial charge in [0, 0.05) is 47.7 Å². The molecule has 1 aromatic heterocycles. The summed E-state index contributed by atoms with van der Waals surface area (Å²) in [5, 5.41) is 6.07. The SMILES string of the molecule is COc1cc(Nc2ncccc2/C=C/C(=O)NC2CC2N)cc(OC)c1OC. The molecule has 1 heterocycles. The van der Waals surface area contributed by atoms with Crippen LogP contribution in [-0.2, 0) is 4.79 Å². The zero-order valence-corrected chi connectivity index (χ0v) is 16.1. The van der Waals surface area contributed by atoms with Crippen LogP contribution in [0.2, 0.25) is 0 Å². The molecule has 4 N–H and O–H groups in total. The third kappa shape index (κ3) is 4.52. The van der Waals surface area contributed by atoms with Gasteiger partial charge in [-0.15, -0.1) is 0 Å². The highest BCUT2D eigenvalue weighted by molar-refractivity contribution is 5.93. The number of hydrogen-bond donors (Lipinski definition) is 3. The molecule has 0 saturated heterocycles. The zero-order valence-electron chi connectivity index (χ0n) is 16.1. The van der Waals surface area contributed by atoms with Gasteiger partial charge >= 0.3 is 0 Å². The summed E-state index contributed by atoms with van der Waals surface area (Å²) >= 11 is 0. The van der Waals surface area contributed by atoms with Gasteiger partial charge in [0.15, 0.2) is 11.5 Å². The molecule has 0 spiro atoms. The van der Waals surface area contributed by atoms with Gasteiger partial charge < -0.3 is 30.6 Å². The van der Waals surface area contributed by atoms with E-state index >= 15 is 0 Å². The highest BCUT2D eigenvalue weighted by Crippen LogP contribution is 2.40. The van der Waals surface area contributed by atoms with Crippen LogP contribution in [0.3, 0.4) is 0 Å². The fraction of sp³-hybridized carbons (Fsp3) is 0.300. The molecule has 2 aromatic rings. The van der Waals surface area contributed by atoms with E-state index in [1.54, 1.807) is 51.8 Å². The number of nitrogens with zero attached hydrogens (tertiary/aromatic N) is 1. The fourth-order valence-electron chi connectivity index (χ4n) is 2.72. The molecule has 1 aliphatic carbocycles. The van der Waals surface area contributed by atoms with Gasteiger partial charge in [-0.3, -0.25) is 4.79 Å². The van der Waals surface area contributed by atoms with Crippen LogP contribution < -0.4 is 30.6 Å². The first-order valence-corrected chi connectivity index (χ1v) is 8.82. The van der Waals surface area contributed by atoms with E-state index in [9.17, 15) is 4.79 Å². The summed E-state index contributed by atoms with van der Waals surface area (Å²) in [7, 11) is 4.66. The molecule has 1 aromatic carbocycles. The van der Waals surface area contributed by atoms with Gasteiger partial charge in [0.05, 0.1) is 21.3 Å². The smallest absolute Gasteiger partial charge is 0.244 e. The Hall–Kier alpha value is -3.26. The van der Waals surface area contributed by atoms with Crippen molar-refractivity contribution >= 4 is 23.5 Å². The topological polar surface area (TPSA) is 108 Å². The number of rotatable bonds is 8. The molecule has 1 aliphatic rings. The number of carbonyl (C=O) groups excluding carboxylic acids is 1. The number of nitrogens with one attached hydrogen (secondary N) is 2. The Morgan fingerprint density at radius 3 is 2.46 bits per heavy atom. The number of methoxy groups -OCH3 is 3. The lowest BCUT2D eigenvalue weighted by molar-refractivity contribution is -0.116. The van der Waals surface area contributed by atoms with Gasteiger partial charge in [-0.25, -0.2) is 4.98 Å². The molecule has 3 rings (SSSR count). The second kappa shape index (κ2) is 8.62. The first-order chi connectivity index (χ1) is 13.5. The summed E-state index contributed by atoms with van der Waals surface area (Å²) in [6.45, 7) is 0. The van der Waals surface area contributed by atoms with Gasteiger partial charge in [0.2, 0.25) is 11.7 Å². The molecule has 0 bridgehead atoms. The Kier molecular flexibility index (Phi) is 6.00. The number of ether oxygens (including phenoxy) is 3.